The van der Waals surface area contributed by atoms with E-state index in [9.17, 15) is 0 Å². The second-order valence-electron chi connectivity index (χ2n) is 6.81. The van der Waals surface area contributed by atoms with E-state index >= 15 is 0 Å². The van der Waals surface area contributed by atoms with Gasteiger partial charge in [0, 0.05) is 24.2 Å². The van der Waals surface area contributed by atoms with Gasteiger partial charge in [0.05, 0.1) is 5.54 Å². The highest BCUT2D eigenvalue weighted by molar-refractivity contribution is 14.1. The van der Waals surface area contributed by atoms with Gasteiger partial charge in [-0.25, -0.2) is 0 Å². The summed E-state index contributed by atoms with van der Waals surface area (Å²) in [4.78, 5) is 0. The second-order valence-corrected chi connectivity index (χ2v) is 10.5. The third kappa shape index (κ3) is 7.96. The maximum absolute atomic E-state index is 6.45. The highest BCUT2D eigenvalue weighted by atomic mass is 127. The number of benzene rings is 1. The van der Waals surface area contributed by atoms with Crippen LogP contribution in [0.2, 0.25) is 0 Å². The first-order valence-electron chi connectivity index (χ1n) is 10.2. The molecular weight excluding hydrogens is 455 g/mol. The molecule has 0 N–H and O–H groups in total. The predicted molar refractivity (Wildman–Crippen MR) is 121 cm³/mol. The van der Waals surface area contributed by atoms with Crippen molar-refractivity contribution < 1.29 is 13.3 Å². The summed E-state index contributed by atoms with van der Waals surface area (Å²) >= 11 is 2.41. The normalized spacial score (nSPS) is 13.1. The Bertz CT molecular complexity index is 458. The fourth-order valence-corrected chi connectivity index (χ4v) is 6.07. The summed E-state index contributed by atoms with van der Waals surface area (Å²) in [6, 6.07) is 8.80. The minimum absolute atomic E-state index is 0.149. The Labute approximate surface area is 175 Å². The molecule has 3 nitrogen and oxygen atoms in total. The quantitative estimate of drug-likeness (QED) is 0.119. The van der Waals surface area contributed by atoms with Gasteiger partial charge in [-0.1, -0.05) is 93.8 Å². The molecule has 1 aromatic carbocycles. The van der Waals surface area contributed by atoms with Crippen molar-refractivity contribution in [2.45, 2.75) is 76.2 Å². The Morgan fingerprint density at radius 2 is 1.38 bits per heavy atom. The molecule has 1 rings (SSSR count). The van der Waals surface area contributed by atoms with Crippen LogP contribution in [-0.2, 0) is 17.7 Å². The van der Waals surface area contributed by atoms with Crippen molar-refractivity contribution in [2.24, 2.45) is 0 Å². The van der Waals surface area contributed by atoms with Crippen LogP contribution in [0.3, 0.4) is 0 Å². The van der Waals surface area contributed by atoms with Gasteiger partial charge in [-0.05, 0) is 30.4 Å². The standard InChI is InChI=1S/C21H37IO3Si/c1-5-8-14-23-26(24-15-9-6-2,25-16-10-7-3)19(4)21-13-11-12-20(17-21)18-22/h11-13,17,19H,5-10,14-16,18H2,1-4H3. The van der Waals surface area contributed by atoms with Gasteiger partial charge < -0.3 is 13.3 Å². The first kappa shape index (κ1) is 24.1. The molecule has 0 amide bonds. The van der Waals surface area contributed by atoms with Crippen LogP contribution >= 0.6 is 22.6 Å². The Hall–Kier alpha value is 0.0469. The Morgan fingerprint density at radius 1 is 0.885 bits per heavy atom. The van der Waals surface area contributed by atoms with Crippen molar-refractivity contribution in [3.8, 4) is 0 Å². The molecule has 0 aliphatic heterocycles. The molecule has 0 aromatic heterocycles. The van der Waals surface area contributed by atoms with Gasteiger partial charge in [0.1, 0.15) is 0 Å². The molecular formula is C21H37IO3Si. The van der Waals surface area contributed by atoms with Crippen molar-refractivity contribution in [3.05, 3.63) is 35.4 Å². The number of hydrogen-bond acceptors (Lipinski definition) is 3. The van der Waals surface area contributed by atoms with Gasteiger partial charge in [0.2, 0.25) is 0 Å². The highest BCUT2D eigenvalue weighted by Gasteiger charge is 2.48. The van der Waals surface area contributed by atoms with Crippen LogP contribution in [-0.4, -0.2) is 28.6 Å². The zero-order chi connectivity index (χ0) is 19.3. The van der Waals surface area contributed by atoms with E-state index in [1.54, 1.807) is 0 Å². The molecule has 0 bridgehead atoms. The molecule has 0 aliphatic carbocycles. The Balaban J connectivity index is 3.07. The number of alkyl halides is 1. The van der Waals surface area contributed by atoms with Gasteiger partial charge in [-0.2, -0.15) is 0 Å². The summed E-state index contributed by atoms with van der Waals surface area (Å²) in [6.07, 6.45) is 6.49. The van der Waals surface area contributed by atoms with Crippen LogP contribution < -0.4 is 0 Å². The van der Waals surface area contributed by atoms with Gasteiger partial charge in [0.15, 0.2) is 0 Å². The van der Waals surface area contributed by atoms with Crippen LogP contribution in [0.4, 0.5) is 0 Å². The van der Waals surface area contributed by atoms with Crippen LogP contribution in [0.25, 0.3) is 0 Å². The maximum atomic E-state index is 6.45. The van der Waals surface area contributed by atoms with Crippen LogP contribution in [0.5, 0.6) is 0 Å². The molecule has 150 valence electrons. The van der Waals surface area contributed by atoms with E-state index < -0.39 is 8.80 Å². The summed E-state index contributed by atoms with van der Waals surface area (Å²) < 4.78 is 20.3. The van der Waals surface area contributed by atoms with Gasteiger partial charge in [-0.15, -0.1) is 0 Å². The number of rotatable bonds is 15. The highest BCUT2D eigenvalue weighted by Crippen LogP contribution is 2.31. The van der Waals surface area contributed by atoms with E-state index in [-0.39, 0.29) is 5.54 Å². The first-order valence-corrected chi connectivity index (χ1v) is 13.5. The van der Waals surface area contributed by atoms with Crippen molar-refractivity contribution in [2.75, 3.05) is 19.8 Å². The molecule has 0 fully saturated rings. The van der Waals surface area contributed by atoms with E-state index in [0.29, 0.717) is 0 Å². The molecule has 0 heterocycles. The molecule has 26 heavy (non-hydrogen) atoms. The molecule has 0 spiro atoms. The molecule has 1 atom stereocenters. The lowest BCUT2D eigenvalue weighted by Crippen LogP contribution is -2.51. The van der Waals surface area contributed by atoms with Crippen molar-refractivity contribution in [1.82, 2.24) is 0 Å². The van der Waals surface area contributed by atoms with Crippen LogP contribution in [0, 0.1) is 0 Å². The van der Waals surface area contributed by atoms with Gasteiger partial charge >= 0.3 is 8.80 Å². The lowest BCUT2D eigenvalue weighted by atomic mass is 10.1. The summed E-state index contributed by atoms with van der Waals surface area (Å²) in [5.41, 5.74) is 2.76. The summed E-state index contributed by atoms with van der Waals surface area (Å²) in [7, 11) is -2.79. The number of unbranched alkanes of at least 4 members (excludes halogenated alkanes) is 3. The minimum Gasteiger partial charge on any atom is -0.373 e. The van der Waals surface area contributed by atoms with Crippen LogP contribution in [0.1, 0.15) is 82.9 Å². The van der Waals surface area contributed by atoms with Crippen molar-refractivity contribution in [3.63, 3.8) is 0 Å². The average Bonchev–Trinajstić information content (AvgIpc) is 2.67. The zero-order valence-electron chi connectivity index (χ0n) is 17.1. The van der Waals surface area contributed by atoms with E-state index in [4.69, 9.17) is 13.3 Å². The van der Waals surface area contributed by atoms with E-state index in [2.05, 4.69) is 74.6 Å². The molecule has 0 aliphatic rings. The lowest BCUT2D eigenvalue weighted by Gasteiger charge is -2.35. The zero-order valence-corrected chi connectivity index (χ0v) is 20.2. The van der Waals surface area contributed by atoms with Crippen molar-refractivity contribution >= 4 is 31.4 Å². The fraction of sp³-hybridized carbons (Fsp3) is 0.714. The topological polar surface area (TPSA) is 27.7 Å². The summed E-state index contributed by atoms with van der Waals surface area (Å²) in [5, 5.41) is 0. The summed E-state index contributed by atoms with van der Waals surface area (Å²) in [6.45, 7) is 11.0. The van der Waals surface area contributed by atoms with Gasteiger partial charge in [0.25, 0.3) is 0 Å². The maximum Gasteiger partial charge on any atom is 0.508 e. The number of halogens is 1. The van der Waals surface area contributed by atoms with Gasteiger partial charge in [-0.3, -0.25) is 0 Å². The molecule has 1 unspecified atom stereocenters. The number of hydrogen-bond donors (Lipinski definition) is 0. The van der Waals surface area contributed by atoms with E-state index in [0.717, 1.165) is 62.8 Å². The van der Waals surface area contributed by atoms with Crippen molar-refractivity contribution in [1.29, 1.82) is 0 Å². The fourth-order valence-electron chi connectivity index (χ4n) is 2.73. The molecule has 0 saturated heterocycles. The van der Waals surface area contributed by atoms with E-state index in [1.165, 1.54) is 11.1 Å². The molecule has 1 aromatic rings. The average molecular weight is 493 g/mol. The van der Waals surface area contributed by atoms with Crippen LogP contribution in [0.15, 0.2) is 24.3 Å². The second kappa shape index (κ2) is 14.1. The monoisotopic (exact) mass is 492 g/mol. The third-order valence-corrected chi connectivity index (χ3v) is 8.63. The lowest BCUT2D eigenvalue weighted by molar-refractivity contribution is 0.0488. The van der Waals surface area contributed by atoms with E-state index in [1.807, 2.05) is 0 Å². The molecule has 0 saturated carbocycles. The Kier molecular flexibility index (Phi) is 13.1. The third-order valence-electron chi connectivity index (χ3n) is 4.54. The summed E-state index contributed by atoms with van der Waals surface area (Å²) in [5.74, 6) is 0. The SMILES string of the molecule is CCCCO[Si](OCCCC)(OCCCC)C(C)c1cccc(CI)c1. The Morgan fingerprint density at radius 3 is 1.81 bits per heavy atom. The predicted octanol–water partition coefficient (Wildman–Crippen LogP) is 6.65. The first-order chi connectivity index (χ1) is 12.6. The largest absolute Gasteiger partial charge is 0.508 e. The molecule has 0 radical (unpaired) electrons. The molecule has 5 heteroatoms. The smallest absolute Gasteiger partial charge is 0.373 e. The minimum atomic E-state index is -2.79.